The van der Waals surface area contributed by atoms with Crippen molar-refractivity contribution in [2.24, 2.45) is 5.73 Å². The first kappa shape index (κ1) is 15.9. The van der Waals surface area contributed by atoms with Gasteiger partial charge < -0.3 is 19.9 Å². The first-order chi connectivity index (χ1) is 11.6. The molecule has 0 aromatic heterocycles. The Balaban J connectivity index is 2.21. The van der Waals surface area contributed by atoms with Gasteiger partial charge in [0.05, 0.1) is 20.1 Å². The van der Waals surface area contributed by atoms with E-state index in [1.807, 2.05) is 0 Å². The molecule has 0 spiro atoms. The van der Waals surface area contributed by atoms with Crippen LogP contribution in [0.15, 0.2) is 41.0 Å². The summed E-state index contributed by atoms with van der Waals surface area (Å²) in [4.78, 5) is 12.5. The molecule has 1 aromatic carbocycles. The molecule has 1 unspecified atom stereocenters. The Labute approximate surface area is 140 Å². The molecule has 0 bridgehead atoms. The first-order valence-electron chi connectivity index (χ1n) is 7.65. The Morgan fingerprint density at radius 3 is 2.46 bits per heavy atom. The van der Waals surface area contributed by atoms with Crippen LogP contribution in [0.5, 0.6) is 11.5 Å². The zero-order valence-electron chi connectivity index (χ0n) is 13.6. The minimum atomic E-state index is -0.560. The van der Waals surface area contributed by atoms with Crippen LogP contribution in [0.25, 0.3) is 0 Å². The van der Waals surface area contributed by atoms with Crippen LogP contribution in [-0.2, 0) is 9.53 Å². The lowest BCUT2D eigenvalue weighted by atomic mass is 9.77. The fourth-order valence-electron chi connectivity index (χ4n) is 3.19. The van der Waals surface area contributed by atoms with Crippen molar-refractivity contribution in [3.63, 3.8) is 0 Å². The molecule has 2 aliphatic rings. The van der Waals surface area contributed by atoms with Gasteiger partial charge in [0.25, 0.3) is 0 Å². The summed E-state index contributed by atoms with van der Waals surface area (Å²) < 4.78 is 16.2. The van der Waals surface area contributed by atoms with Gasteiger partial charge in [-0.3, -0.25) is 4.79 Å². The zero-order chi connectivity index (χ0) is 17.3. The lowest BCUT2D eigenvalue weighted by Crippen LogP contribution is -2.27. The predicted octanol–water partition coefficient (Wildman–Crippen LogP) is 2.52. The van der Waals surface area contributed by atoms with Gasteiger partial charge in [0.15, 0.2) is 5.78 Å². The minimum Gasteiger partial charge on any atom is -0.497 e. The smallest absolute Gasteiger partial charge is 0.205 e. The molecular weight excluding hydrogens is 308 g/mol. The number of nitriles is 1. The third-order valence-corrected chi connectivity index (χ3v) is 4.31. The number of hydrogen-bond donors (Lipinski definition) is 1. The molecule has 0 saturated heterocycles. The van der Waals surface area contributed by atoms with Gasteiger partial charge in [0, 0.05) is 24.5 Å². The van der Waals surface area contributed by atoms with Crippen LogP contribution in [0.3, 0.4) is 0 Å². The molecule has 24 heavy (non-hydrogen) atoms. The number of ether oxygens (including phenoxy) is 3. The van der Waals surface area contributed by atoms with Crippen LogP contribution in [0.4, 0.5) is 0 Å². The van der Waals surface area contributed by atoms with E-state index < -0.39 is 5.92 Å². The summed E-state index contributed by atoms with van der Waals surface area (Å²) in [7, 11) is 3.10. The second-order valence-corrected chi connectivity index (χ2v) is 5.68. The zero-order valence-corrected chi connectivity index (χ0v) is 13.6. The quantitative estimate of drug-likeness (QED) is 0.917. The number of carbonyl (C=O) groups is 1. The molecule has 0 saturated carbocycles. The van der Waals surface area contributed by atoms with Gasteiger partial charge in [-0.15, -0.1) is 0 Å². The highest BCUT2D eigenvalue weighted by atomic mass is 16.5. The van der Waals surface area contributed by atoms with Gasteiger partial charge in [-0.1, -0.05) is 0 Å². The number of benzene rings is 1. The molecule has 0 fully saturated rings. The molecule has 0 radical (unpaired) electrons. The molecule has 6 nitrogen and oxygen atoms in total. The van der Waals surface area contributed by atoms with Crippen molar-refractivity contribution in [1.29, 1.82) is 5.26 Å². The molecule has 3 rings (SSSR count). The molecule has 1 heterocycles. The SMILES string of the molecule is COc1cc(OC)cc(C2C(C#N)=C(N)OC3=C2C(=O)CCC3)c1. The molecule has 2 N–H and O–H groups in total. The third-order valence-electron chi connectivity index (χ3n) is 4.31. The van der Waals surface area contributed by atoms with Crippen molar-refractivity contribution in [2.75, 3.05) is 14.2 Å². The van der Waals surface area contributed by atoms with Crippen LogP contribution in [0.2, 0.25) is 0 Å². The number of Topliss-reactive ketones (excluding diaryl/α,β-unsaturated/α-hetero) is 1. The average Bonchev–Trinajstić information content (AvgIpc) is 2.60. The molecule has 1 aliphatic carbocycles. The number of allylic oxidation sites excluding steroid dienone is 3. The Morgan fingerprint density at radius 2 is 1.88 bits per heavy atom. The van der Waals surface area contributed by atoms with E-state index in [1.165, 1.54) is 0 Å². The molecule has 1 aromatic rings. The number of hydrogen-bond acceptors (Lipinski definition) is 6. The van der Waals surface area contributed by atoms with E-state index in [-0.39, 0.29) is 17.2 Å². The molecule has 124 valence electrons. The highest BCUT2D eigenvalue weighted by molar-refractivity contribution is 5.99. The van der Waals surface area contributed by atoms with Crippen LogP contribution >= 0.6 is 0 Å². The normalized spacial score (nSPS) is 20.2. The summed E-state index contributed by atoms with van der Waals surface area (Å²) in [6.07, 6.45) is 1.80. The molecule has 0 amide bonds. The van der Waals surface area contributed by atoms with E-state index in [0.29, 0.717) is 35.7 Å². The van der Waals surface area contributed by atoms with Crippen molar-refractivity contribution in [3.05, 3.63) is 46.6 Å². The Bertz CT molecular complexity index is 779. The van der Waals surface area contributed by atoms with Gasteiger partial charge >= 0.3 is 0 Å². The van der Waals surface area contributed by atoms with Crippen LogP contribution in [0, 0.1) is 11.3 Å². The lowest BCUT2D eigenvalue weighted by molar-refractivity contribution is -0.116. The van der Waals surface area contributed by atoms with Crippen molar-refractivity contribution < 1.29 is 19.0 Å². The Kier molecular flexibility index (Phi) is 4.17. The number of nitrogens with two attached hydrogens (primary N) is 1. The van der Waals surface area contributed by atoms with Crippen molar-refractivity contribution in [2.45, 2.75) is 25.2 Å². The highest BCUT2D eigenvalue weighted by Gasteiger charge is 2.38. The third kappa shape index (κ3) is 2.58. The van der Waals surface area contributed by atoms with Crippen LogP contribution < -0.4 is 15.2 Å². The summed E-state index contributed by atoms with van der Waals surface area (Å²) in [5, 5.41) is 9.56. The van der Waals surface area contributed by atoms with Gasteiger partial charge in [-0.2, -0.15) is 5.26 Å². The second kappa shape index (κ2) is 6.28. The maximum absolute atomic E-state index is 12.5. The summed E-state index contributed by atoms with van der Waals surface area (Å²) in [5.74, 6) is 1.21. The number of carbonyl (C=O) groups excluding carboxylic acids is 1. The standard InChI is InChI=1S/C18H18N2O4/c1-22-11-6-10(7-12(8-11)23-2)16-13(9-19)18(20)24-15-5-3-4-14(21)17(15)16/h6-8,16H,3-5,20H2,1-2H3. The molecule has 1 aliphatic heterocycles. The van der Waals surface area contributed by atoms with E-state index in [2.05, 4.69) is 6.07 Å². The first-order valence-corrected chi connectivity index (χ1v) is 7.65. The summed E-state index contributed by atoms with van der Waals surface area (Å²) in [6, 6.07) is 7.40. The number of rotatable bonds is 3. The topological polar surface area (TPSA) is 94.6 Å². The maximum Gasteiger partial charge on any atom is 0.205 e. The van der Waals surface area contributed by atoms with E-state index in [1.54, 1.807) is 32.4 Å². The monoisotopic (exact) mass is 326 g/mol. The van der Waals surface area contributed by atoms with Gasteiger partial charge in [0.2, 0.25) is 5.88 Å². The summed E-state index contributed by atoms with van der Waals surface area (Å²) >= 11 is 0. The molecular formula is C18H18N2O4. The number of ketones is 1. The fraction of sp³-hybridized carbons (Fsp3) is 0.333. The van der Waals surface area contributed by atoms with E-state index in [0.717, 1.165) is 12.0 Å². The highest BCUT2D eigenvalue weighted by Crippen LogP contribution is 2.44. The van der Waals surface area contributed by atoms with Crippen LogP contribution in [-0.4, -0.2) is 20.0 Å². The molecule has 1 atom stereocenters. The van der Waals surface area contributed by atoms with Gasteiger partial charge in [0.1, 0.15) is 28.9 Å². The van der Waals surface area contributed by atoms with Gasteiger partial charge in [-0.05, 0) is 24.1 Å². The number of nitrogens with zero attached hydrogens (tertiary/aromatic N) is 1. The Hall–Kier alpha value is -2.94. The largest absolute Gasteiger partial charge is 0.497 e. The minimum absolute atomic E-state index is 0.0108. The van der Waals surface area contributed by atoms with Crippen LogP contribution in [0.1, 0.15) is 30.7 Å². The summed E-state index contributed by atoms with van der Waals surface area (Å²) in [5.41, 5.74) is 7.41. The van der Waals surface area contributed by atoms with E-state index in [9.17, 15) is 10.1 Å². The predicted molar refractivity (Wildman–Crippen MR) is 86.1 cm³/mol. The summed E-state index contributed by atoms with van der Waals surface area (Å²) in [6.45, 7) is 0. The Morgan fingerprint density at radius 1 is 1.21 bits per heavy atom. The van der Waals surface area contributed by atoms with E-state index >= 15 is 0 Å². The van der Waals surface area contributed by atoms with Crippen molar-refractivity contribution in [1.82, 2.24) is 0 Å². The van der Waals surface area contributed by atoms with Crippen molar-refractivity contribution in [3.8, 4) is 17.6 Å². The molecule has 6 heteroatoms. The lowest BCUT2D eigenvalue weighted by Gasteiger charge is -2.31. The van der Waals surface area contributed by atoms with Gasteiger partial charge in [-0.25, -0.2) is 0 Å². The maximum atomic E-state index is 12.5. The fourth-order valence-corrected chi connectivity index (χ4v) is 3.19. The second-order valence-electron chi connectivity index (χ2n) is 5.68. The average molecular weight is 326 g/mol. The number of methoxy groups -OCH3 is 2. The van der Waals surface area contributed by atoms with Crippen molar-refractivity contribution >= 4 is 5.78 Å². The van der Waals surface area contributed by atoms with E-state index in [4.69, 9.17) is 19.9 Å².